The Labute approximate surface area is 165 Å². The molecule has 0 N–H and O–H groups in total. The van der Waals surface area contributed by atoms with Gasteiger partial charge in [-0.2, -0.15) is 0 Å². The van der Waals surface area contributed by atoms with Crippen LogP contribution in [0.3, 0.4) is 0 Å². The summed E-state index contributed by atoms with van der Waals surface area (Å²) in [5.74, 6) is -0.279. The minimum absolute atomic E-state index is 0.117. The van der Waals surface area contributed by atoms with Gasteiger partial charge in [0, 0.05) is 13.2 Å². The van der Waals surface area contributed by atoms with Crippen molar-refractivity contribution in [2.75, 3.05) is 27.4 Å². The van der Waals surface area contributed by atoms with Crippen molar-refractivity contribution in [3.8, 4) is 16.9 Å². The molecule has 7 heteroatoms. The van der Waals surface area contributed by atoms with E-state index in [2.05, 4.69) is 0 Å². The molecule has 0 bridgehead atoms. The maximum atomic E-state index is 13.2. The highest BCUT2D eigenvalue weighted by molar-refractivity contribution is 7.92. The SMILES string of the molecule is COC(=O)C(C1CCOCC1)S(=O)(=O)c1ccc(-c2ccc(OC)cc2)cc1. The molecule has 1 unspecified atom stereocenters. The average Bonchev–Trinajstić information content (AvgIpc) is 2.74. The lowest BCUT2D eigenvalue weighted by molar-refractivity contribution is -0.141. The molecule has 2 aromatic rings. The van der Waals surface area contributed by atoms with Gasteiger partial charge in [-0.15, -0.1) is 0 Å². The fourth-order valence-corrected chi connectivity index (χ4v) is 5.41. The van der Waals surface area contributed by atoms with Crippen molar-refractivity contribution in [2.24, 2.45) is 5.92 Å². The molecule has 1 heterocycles. The number of esters is 1. The maximum Gasteiger partial charge on any atom is 0.324 e. The molecule has 150 valence electrons. The van der Waals surface area contributed by atoms with E-state index in [1.54, 1.807) is 31.4 Å². The second-order valence-corrected chi connectivity index (χ2v) is 8.76. The highest BCUT2D eigenvalue weighted by Crippen LogP contribution is 2.31. The first kappa shape index (κ1) is 20.4. The smallest absolute Gasteiger partial charge is 0.324 e. The van der Waals surface area contributed by atoms with Gasteiger partial charge in [-0.25, -0.2) is 8.42 Å². The van der Waals surface area contributed by atoms with Gasteiger partial charge in [-0.3, -0.25) is 4.79 Å². The fourth-order valence-electron chi connectivity index (χ4n) is 3.47. The van der Waals surface area contributed by atoms with Crippen molar-refractivity contribution in [3.05, 3.63) is 48.5 Å². The summed E-state index contributed by atoms with van der Waals surface area (Å²) in [6, 6.07) is 14.1. The number of benzene rings is 2. The third-order valence-electron chi connectivity index (χ3n) is 5.07. The Hall–Kier alpha value is -2.38. The molecular weight excluding hydrogens is 380 g/mol. The van der Waals surface area contributed by atoms with Crippen molar-refractivity contribution in [1.29, 1.82) is 0 Å². The first-order valence-corrected chi connectivity index (χ1v) is 10.7. The molecule has 3 rings (SSSR count). The van der Waals surface area contributed by atoms with Crippen molar-refractivity contribution < 1.29 is 27.4 Å². The van der Waals surface area contributed by atoms with E-state index >= 15 is 0 Å². The fraction of sp³-hybridized carbons (Fsp3) is 0.381. The number of hydrogen-bond donors (Lipinski definition) is 0. The van der Waals surface area contributed by atoms with Crippen LogP contribution in [0.4, 0.5) is 0 Å². The summed E-state index contributed by atoms with van der Waals surface area (Å²) in [6.07, 6.45) is 1.03. The molecule has 1 saturated heterocycles. The van der Waals surface area contributed by atoms with Crippen molar-refractivity contribution in [1.82, 2.24) is 0 Å². The van der Waals surface area contributed by atoms with E-state index in [1.807, 2.05) is 24.3 Å². The third kappa shape index (κ3) is 4.20. The Balaban J connectivity index is 1.89. The lowest BCUT2D eigenvalue weighted by atomic mass is 9.96. The molecule has 1 fully saturated rings. The molecule has 0 saturated carbocycles. The summed E-state index contributed by atoms with van der Waals surface area (Å²) < 4.78 is 41.7. The molecule has 0 spiro atoms. The number of ether oxygens (including phenoxy) is 3. The van der Waals surface area contributed by atoms with Crippen LogP contribution in [0, 0.1) is 5.92 Å². The Morgan fingerprint density at radius 2 is 1.50 bits per heavy atom. The normalized spacial score (nSPS) is 16.4. The van der Waals surface area contributed by atoms with Gasteiger partial charge in [0.1, 0.15) is 5.75 Å². The summed E-state index contributed by atoms with van der Waals surface area (Å²) in [6.45, 7) is 0.897. The molecule has 0 amide bonds. The molecular formula is C21H24O6S. The molecule has 28 heavy (non-hydrogen) atoms. The van der Waals surface area contributed by atoms with Gasteiger partial charge < -0.3 is 14.2 Å². The third-order valence-corrected chi connectivity index (χ3v) is 7.24. The largest absolute Gasteiger partial charge is 0.497 e. The zero-order valence-corrected chi connectivity index (χ0v) is 16.8. The predicted octanol–water partition coefficient (Wildman–Crippen LogP) is 3.10. The van der Waals surface area contributed by atoms with Gasteiger partial charge in [0.2, 0.25) is 0 Å². The Morgan fingerprint density at radius 1 is 0.964 bits per heavy atom. The van der Waals surface area contributed by atoms with E-state index in [1.165, 1.54) is 7.11 Å². The van der Waals surface area contributed by atoms with E-state index in [9.17, 15) is 13.2 Å². The number of carbonyl (C=O) groups is 1. The van der Waals surface area contributed by atoms with E-state index in [0.717, 1.165) is 16.9 Å². The maximum absolute atomic E-state index is 13.2. The number of methoxy groups -OCH3 is 2. The zero-order valence-electron chi connectivity index (χ0n) is 16.0. The van der Waals surface area contributed by atoms with Crippen LogP contribution in [-0.2, 0) is 24.1 Å². The highest BCUT2D eigenvalue weighted by atomic mass is 32.2. The number of sulfone groups is 1. The summed E-state index contributed by atoms with van der Waals surface area (Å²) in [5, 5.41) is -1.21. The standard InChI is InChI=1S/C21H24O6S/c1-25-18-7-3-15(4-8-18)16-5-9-19(10-6-16)28(23,24)20(21(22)26-2)17-11-13-27-14-12-17/h3-10,17,20H,11-14H2,1-2H3. The van der Waals surface area contributed by atoms with Gasteiger partial charge in [-0.05, 0) is 54.2 Å². The molecule has 1 atom stereocenters. The van der Waals surface area contributed by atoms with Crippen molar-refractivity contribution >= 4 is 15.8 Å². The van der Waals surface area contributed by atoms with Crippen LogP contribution in [-0.4, -0.2) is 47.1 Å². The lowest BCUT2D eigenvalue weighted by Crippen LogP contribution is -2.40. The number of carbonyl (C=O) groups excluding carboxylic acids is 1. The van der Waals surface area contributed by atoms with Crippen molar-refractivity contribution in [2.45, 2.75) is 23.0 Å². The summed E-state index contributed by atoms with van der Waals surface area (Å²) >= 11 is 0. The predicted molar refractivity (Wildman–Crippen MR) is 105 cm³/mol. The molecule has 0 aromatic heterocycles. The molecule has 2 aromatic carbocycles. The quantitative estimate of drug-likeness (QED) is 0.689. The molecule has 0 aliphatic carbocycles. The molecule has 1 aliphatic heterocycles. The number of rotatable bonds is 6. The van der Waals surface area contributed by atoms with E-state index in [4.69, 9.17) is 14.2 Å². The highest BCUT2D eigenvalue weighted by Gasteiger charge is 2.42. The van der Waals surface area contributed by atoms with Crippen LogP contribution >= 0.6 is 0 Å². The summed E-state index contributed by atoms with van der Waals surface area (Å²) in [7, 11) is -1.05. The minimum atomic E-state index is -3.87. The number of hydrogen-bond acceptors (Lipinski definition) is 6. The minimum Gasteiger partial charge on any atom is -0.497 e. The summed E-state index contributed by atoms with van der Waals surface area (Å²) in [4.78, 5) is 12.4. The first-order valence-electron chi connectivity index (χ1n) is 9.11. The second-order valence-electron chi connectivity index (χ2n) is 6.69. The molecule has 6 nitrogen and oxygen atoms in total. The topological polar surface area (TPSA) is 78.9 Å². The van der Waals surface area contributed by atoms with Gasteiger partial charge in [0.15, 0.2) is 15.1 Å². The van der Waals surface area contributed by atoms with Crippen LogP contribution in [0.2, 0.25) is 0 Å². The van der Waals surface area contributed by atoms with Gasteiger partial charge in [0.25, 0.3) is 0 Å². The Kier molecular flexibility index (Phi) is 6.36. The summed E-state index contributed by atoms with van der Waals surface area (Å²) in [5.41, 5.74) is 1.82. The van der Waals surface area contributed by atoms with E-state index in [-0.39, 0.29) is 10.8 Å². The monoisotopic (exact) mass is 404 g/mol. The van der Waals surface area contributed by atoms with Crippen LogP contribution < -0.4 is 4.74 Å². The van der Waals surface area contributed by atoms with E-state index < -0.39 is 21.1 Å². The van der Waals surface area contributed by atoms with Gasteiger partial charge in [-0.1, -0.05) is 24.3 Å². The van der Waals surface area contributed by atoms with Crippen LogP contribution in [0.15, 0.2) is 53.4 Å². The van der Waals surface area contributed by atoms with Crippen molar-refractivity contribution in [3.63, 3.8) is 0 Å². The second kappa shape index (κ2) is 8.75. The molecule has 1 aliphatic rings. The Morgan fingerprint density at radius 3 is 2.00 bits per heavy atom. The van der Waals surface area contributed by atoms with Crippen LogP contribution in [0.5, 0.6) is 5.75 Å². The zero-order chi connectivity index (χ0) is 20.1. The Bertz CT molecular complexity index is 897. The van der Waals surface area contributed by atoms with Crippen LogP contribution in [0.1, 0.15) is 12.8 Å². The van der Waals surface area contributed by atoms with Crippen LogP contribution in [0.25, 0.3) is 11.1 Å². The van der Waals surface area contributed by atoms with Gasteiger partial charge in [0.05, 0.1) is 19.1 Å². The average molecular weight is 404 g/mol. The lowest BCUT2D eigenvalue weighted by Gasteiger charge is -2.28. The van der Waals surface area contributed by atoms with E-state index in [0.29, 0.717) is 26.1 Å². The first-order chi connectivity index (χ1) is 13.5. The molecule has 0 radical (unpaired) electrons. The van der Waals surface area contributed by atoms with Gasteiger partial charge >= 0.3 is 5.97 Å².